The SMILES string of the molecule is COC(=O)c1c2c3ccc(Cl)c(c3n1C)-c1c(nn3c1CCC3)CN(C(=O)OC(C)(C)C)Cc1cc(n(C)n1)CSc1cc(c3ncccc3c1)OCCC2. The number of aryl methyl sites for hydroxylation is 4. The Morgan fingerprint density at radius 1 is 1.00 bits per heavy atom. The first-order valence-electron chi connectivity index (χ1n) is 18.5. The van der Waals surface area contributed by atoms with Crippen molar-refractivity contribution < 1.29 is 23.8 Å². The Kier molecular flexibility index (Phi) is 9.79. The van der Waals surface area contributed by atoms with E-state index in [0.717, 1.165) is 79.9 Å². The van der Waals surface area contributed by atoms with Crippen LogP contribution in [0.1, 0.15) is 72.4 Å². The zero-order valence-corrected chi connectivity index (χ0v) is 33.5. The molecule has 55 heavy (non-hydrogen) atoms. The lowest BCUT2D eigenvalue weighted by Gasteiger charge is -2.27. The third-order valence-electron chi connectivity index (χ3n) is 10.2. The number of amides is 1. The van der Waals surface area contributed by atoms with E-state index in [1.807, 2.05) is 85.2 Å². The molecule has 0 saturated heterocycles. The second-order valence-corrected chi connectivity index (χ2v) is 16.6. The van der Waals surface area contributed by atoms with Crippen LogP contribution in [0.4, 0.5) is 4.79 Å². The fourth-order valence-electron chi connectivity index (χ4n) is 7.82. The van der Waals surface area contributed by atoms with Gasteiger partial charge in [-0.15, -0.1) is 11.8 Å². The molecule has 14 heteroatoms. The lowest BCUT2D eigenvalue weighted by Crippen LogP contribution is -2.36. The van der Waals surface area contributed by atoms with Gasteiger partial charge in [-0.2, -0.15) is 10.2 Å². The van der Waals surface area contributed by atoms with E-state index in [2.05, 4.69) is 11.1 Å². The van der Waals surface area contributed by atoms with Crippen LogP contribution in [0.15, 0.2) is 53.6 Å². The van der Waals surface area contributed by atoms with Crippen molar-refractivity contribution in [2.24, 2.45) is 14.1 Å². The number of methoxy groups -OCH3 is 1. The zero-order chi connectivity index (χ0) is 38.6. The van der Waals surface area contributed by atoms with Crippen molar-refractivity contribution in [3.05, 3.63) is 87.7 Å². The smallest absolute Gasteiger partial charge is 0.410 e. The number of fused-ring (bicyclic) bond motifs is 10. The molecule has 8 rings (SSSR count). The number of hydrogen-bond donors (Lipinski definition) is 0. The fraction of sp³-hybridized carbons (Fsp3) is 0.390. The number of thioether (sulfide) groups is 1. The number of rotatable bonds is 1. The highest BCUT2D eigenvalue weighted by molar-refractivity contribution is 7.98. The predicted octanol–water partition coefficient (Wildman–Crippen LogP) is 8.26. The van der Waals surface area contributed by atoms with E-state index in [-0.39, 0.29) is 13.1 Å². The second kappa shape index (κ2) is 14.6. The standard InChI is InChI=1S/C41H44ClN7O5S/c1-41(2,3)54-40(51)48-21-25-19-26(47(5)44-25)23-55-27-18-24-10-7-15-43-36(24)33(20-27)53-17-9-11-28-29-13-14-30(42)34(37(29)46(4)38(28)39(50)52-6)35-31(22-48)45-49-16-8-12-32(35)49/h7,10,13-15,18-20H,8-9,11-12,16-17,21-23H2,1-6H3. The number of halogens is 1. The molecular weight excluding hydrogens is 738 g/mol. The first-order valence-corrected chi connectivity index (χ1v) is 19.9. The van der Waals surface area contributed by atoms with Gasteiger partial charge in [0, 0.05) is 70.8 Å². The highest BCUT2D eigenvalue weighted by Gasteiger charge is 2.32. The van der Waals surface area contributed by atoms with Gasteiger partial charge in [0.2, 0.25) is 0 Å². The molecule has 0 unspecified atom stereocenters. The Morgan fingerprint density at radius 2 is 1.84 bits per heavy atom. The second-order valence-electron chi connectivity index (χ2n) is 15.1. The number of hydrogen-bond acceptors (Lipinski definition) is 9. The number of carbonyl (C=O) groups excluding carboxylic acids is 2. The molecule has 2 aliphatic heterocycles. The molecule has 0 saturated carbocycles. The summed E-state index contributed by atoms with van der Waals surface area (Å²) in [5.74, 6) is 0.916. The number of pyridine rings is 1. The van der Waals surface area contributed by atoms with Crippen LogP contribution in [-0.2, 0) is 61.8 Å². The summed E-state index contributed by atoms with van der Waals surface area (Å²) in [7, 11) is 5.20. The lowest BCUT2D eigenvalue weighted by molar-refractivity contribution is 0.0211. The summed E-state index contributed by atoms with van der Waals surface area (Å²) >= 11 is 8.88. The van der Waals surface area contributed by atoms with Crippen LogP contribution in [-0.4, -0.2) is 65.4 Å². The van der Waals surface area contributed by atoms with E-state index in [4.69, 9.17) is 36.0 Å². The monoisotopic (exact) mass is 781 g/mol. The minimum atomic E-state index is -0.722. The van der Waals surface area contributed by atoms with Crippen LogP contribution in [0, 0.1) is 0 Å². The van der Waals surface area contributed by atoms with E-state index < -0.39 is 17.7 Å². The number of aromatic nitrogens is 6. The summed E-state index contributed by atoms with van der Waals surface area (Å²) < 4.78 is 23.6. The van der Waals surface area contributed by atoms with Crippen LogP contribution < -0.4 is 4.74 Å². The van der Waals surface area contributed by atoms with E-state index in [1.165, 1.54) is 7.11 Å². The molecule has 8 bridgehead atoms. The van der Waals surface area contributed by atoms with Gasteiger partial charge in [-0.3, -0.25) is 19.2 Å². The first-order chi connectivity index (χ1) is 26.4. The minimum absolute atomic E-state index is 0.157. The molecule has 286 valence electrons. The summed E-state index contributed by atoms with van der Waals surface area (Å²) in [4.78, 5) is 34.9. The fourth-order valence-corrected chi connectivity index (χ4v) is 9.05. The average Bonchev–Trinajstić information content (AvgIpc) is 3.89. The van der Waals surface area contributed by atoms with Crippen molar-refractivity contribution in [1.82, 2.24) is 34.0 Å². The quantitative estimate of drug-likeness (QED) is 0.152. The van der Waals surface area contributed by atoms with Crippen LogP contribution in [0.25, 0.3) is 32.9 Å². The van der Waals surface area contributed by atoms with Crippen molar-refractivity contribution in [3.63, 3.8) is 0 Å². The molecule has 6 heterocycles. The Morgan fingerprint density at radius 3 is 2.64 bits per heavy atom. The van der Waals surface area contributed by atoms with Crippen LogP contribution >= 0.6 is 23.4 Å². The maximum atomic E-state index is 14.0. The van der Waals surface area contributed by atoms with Gasteiger partial charge in [0.15, 0.2) is 0 Å². The molecule has 4 aromatic heterocycles. The van der Waals surface area contributed by atoms with Gasteiger partial charge in [-0.25, -0.2) is 9.59 Å². The topological polar surface area (TPSA) is 119 Å². The van der Waals surface area contributed by atoms with Gasteiger partial charge in [-0.1, -0.05) is 23.7 Å². The van der Waals surface area contributed by atoms with Gasteiger partial charge in [0.05, 0.1) is 48.7 Å². The summed E-state index contributed by atoms with van der Waals surface area (Å²) in [6, 6.07) is 14.0. The molecule has 12 nitrogen and oxygen atoms in total. The lowest BCUT2D eigenvalue weighted by atomic mass is 9.97. The molecule has 2 aromatic carbocycles. The largest absolute Gasteiger partial charge is 0.491 e. The van der Waals surface area contributed by atoms with Crippen LogP contribution in [0.2, 0.25) is 5.02 Å². The van der Waals surface area contributed by atoms with Gasteiger partial charge in [0.1, 0.15) is 22.6 Å². The summed E-state index contributed by atoms with van der Waals surface area (Å²) in [5.41, 5.74) is 7.30. The van der Waals surface area contributed by atoms with Gasteiger partial charge >= 0.3 is 12.1 Å². The molecule has 0 fully saturated rings. The molecule has 0 radical (unpaired) electrons. The van der Waals surface area contributed by atoms with E-state index in [9.17, 15) is 9.59 Å². The molecule has 0 spiro atoms. The number of nitrogens with zero attached hydrogens (tertiary/aromatic N) is 7. The molecular formula is C41H44ClN7O5S. The van der Waals surface area contributed by atoms with Crippen LogP contribution in [0.5, 0.6) is 5.75 Å². The molecule has 0 N–H and O–H groups in total. The Balaban J connectivity index is 1.31. The first kappa shape index (κ1) is 36.9. The minimum Gasteiger partial charge on any atom is -0.491 e. The molecule has 6 aromatic rings. The molecule has 0 atom stereocenters. The van der Waals surface area contributed by atoms with Crippen molar-refractivity contribution in [2.75, 3.05) is 13.7 Å². The van der Waals surface area contributed by atoms with Gasteiger partial charge < -0.3 is 18.8 Å². The number of carbonyl (C=O) groups is 2. The van der Waals surface area contributed by atoms with Crippen molar-refractivity contribution in [2.45, 2.75) is 82.3 Å². The third-order valence-corrected chi connectivity index (χ3v) is 11.5. The van der Waals surface area contributed by atoms with Gasteiger partial charge in [-0.05, 0) is 82.3 Å². The summed E-state index contributed by atoms with van der Waals surface area (Å²) in [6.45, 7) is 7.10. The Bertz CT molecular complexity index is 2480. The van der Waals surface area contributed by atoms with Crippen molar-refractivity contribution in [3.8, 4) is 16.9 Å². The predicted molar refractivity (Wildman–Crippen MR) is 213 cm³/mol. The van der Waals surface area contributed by atoms with Crippen molar-refractivity contribution in [1.29, 1.82) is 0 Å². The molecule has 0 aliphatic carbocycles. The maximum Gasteiger partial charge on any atom is 0.410 e. The van der Waals surface area contributed by atoms with Crippen molar-refractivity contribution >= 4 is 57.2 Å². The van der Waals surface area contributed by atoms with Crippen LogP contribution in [0.3, 0.4) is 0 Å². The highest BCUT2D eigenvalue weighted by atomic mass is 35.5. The maximum absolute atomic E-state index is 14.0. The zero-order valence-electron chi connectivity index (χ0n) is 31.9. The number of ether oxygens (including phenoxy) is 3. The summed E-state index contributed by atoms with van der Waals surface area (Å²) in [6.07, 6.45) is 4.22. The summed E-state index contributed by atoms with van der Waals surface area (Å²) in [5, 5.41) is 12.4. The van der Waals surface area contributed by atoms with E-state index in [1.54, 1.807) is 22.9 Å². The molecule has 2 aliphatic rings. The van der Waals surface area contributed by atoms with E-state index >= 15 is 0 Å². The van der Waals surface area contributed by atoms with Gasteiger partial charge in [0.25, 0.3) is 0 Å². The van der Waals surface area contributed by atoms with E-state index in [0.29, 0.717) is 47.4 Å². The highest BCUT2D eigenvalue weighted by Crippen LogP contribution is 2.44. The average molecular weight is 782 g/mol. The number of benzene rings is 2. The molecule has 1 amide bonds. The Labute approximate surface area is 328 Å². The third kappa shape index (κ3) is 7.04. The Hall–Kier alpha value is -5.01. The number of esters is 1. The normalized spacial score (nSPS) is 15.1.